The molecule has 28 heteroatoms. The van der Waals surface area contributed by atoms with Crippen LogP contribution in [0.1, 0.15) is 83.3 Å². The SMILES string of the molecule is CCOc1ccc(C[C@@H]2NC(=O)CC(C)(C)SSC[C@@H](C(=O)N3CCC[C@H]3C(=O)N[C@@H](CCCN=C(N)N)C(=O)NCC(N)=O)NC(=O)[C@H](CC(N)=O)NC(=O)[C@H](CCC(N)=O)NC(=O)[C@H](Cc3ccccc3)NC2=O)cc1. The summed E-state index contributed by atoms with van der Waals surface area (Å²) < 4.78 is 4.66. The molecule has 0 unspecified atom stereocenters. The summed E-state index contributed by atoms with van der Waals surface area (Å²) in [6, 6.07) is 5.58. The van der Waals surface area contributed by atoms with Gasteiger partial charge in [0.15, 0.2) is 5.96 Å². The standard InChI is InChI=1S/C50H72N14O12S2/c1-4-76-30-16-14-29(15-17-30)23-33-44(71)61-34(22-28-10-6-5-7-11-28)45(72)59-32(18-19-38(51)65)43(70)62-35(24-39(52)66)46(73)63-36(27-77-78-50(2,3)25-41(68)58-33)48(75)64-21-9-13-37(64)47(74)60-31(12-8-20-56-49(54)55)42(69)57-26-40(53)67/h5-7,10-11,14-17,31-37H,4,8-9,12-13,18-27H2,1-3H3,(H2,51,65)(H2,52,66)(H2,53,67)(H,57,69)(H,58,68)(H,59,72)(H,60,74)(H,61,71)(H,62,70)(H,63,73)(H4,54,55,56)/t31-,32-,33-,34-,35-,36-,37-/m0/s1. The second-order valence-electron chi connectivity index (χ2n) is 19.2. The van der Waals surface area contributed by atoms with E-state index in [1.165, 1.54) is 15.7 Å². The number of nitrogens with one attached hydrogen (secondary N) is 7. The van der Waals surface area contributed by atoms with E-state index in [-0.39, 0.29) is 63.3 Å². The third-order valence-corrected chi connectivity index (χ3v) is 15.5. The van der Waals surface area contributed by atoms with Gasteiger partial charge >= 0.3 is 0 Å². The average Bonchev–Trinajstić information content (AvgIpc) is 3.87. The van der Waals surface area contributed by atoms with Crippen LogP contribution in [-0.4, -0.2) is 155 Å². The van der Waals surface area contributed by atoms with Crippen LogP contribution in [-0.2, 0) is 65.6 Å². The molecule has 26 nitrogen and oxygen atoms in total. The number of carbonyl (C=O) groups is 11. The Hall–Kier alpha value is -7.62. The number of hydrogen-bond acceptors (Lipinski definition) is 15. The van der Waals surface area contributed by atoms with Crippen LogP contribution < -0.4 is 70.6 Å². The number of guanidine groups is 1. The number of primary amides is 3. The topological polar surface area (TPSA) is 427 Å². The fraction of sp³-hybridized carbons (Fsp3) is 0.520. The Bertz CT molecular complexity index is 2500. The highest BCUT2D eigenvalue weighted by Gasteiger charge is 2.41. The molecule has 2 fully saturated rings. The number of rotatable bonds is 21. The van der Waals surface area contributed by atoms with Crippen LogP contribution >= 0.6 is 21.6 Å². The number of ether oxygens (including phenoxy) is 1. The van der Waals surface area contributed by atoms with Gasteiger partial charge in [-0.05, 0) is 76.1 Å². The highest BCUT2D eigenvalue weighted by molar-refractivity contribution is 8.77. The number of nitrogens with two attached hydrogens (primary N) is 5. The number of carbonyl (C=O) groups excluding carboxylic acids is 11. The molecule has 2 heterocycles. The third kappa shape index (κ3) is 21.4. The van der Waals surface area contributed by atoms with E-state index < -0.39 is 138 Å². The van der Waals surface area contributed by atoms with Crippen molar-refractivity contribution in [1.29, 1.82) is 0 Å². The average molecular weight is 1130 g/mol. The van der Waals surface area contributed by atoms with E-state index in [0.29, 0.717) is 29.9 Å². The highest BCUT2D eigenvalue weighted by Crippen LogP contribution is 2.39. The van der Waals surface area contributed by atoms with E-state index in [0.717, 1.165) is 10.8 Å². The molecule has 7 atom stereocenters. The van der Waals surface area contributed by atoms with Crippen molar-refractivity contribution in [2.24, 2.45) is 33.7 Å². The van der Waals surface area contributed by atoms with Crippen molar-refractivity contribution in [3.8, 4) is 5.75 Å². The third-order valence-electron chi connectivity index (χ3n) is 12.2. The number of amides is 11. The zero-order chi connectivity index (χ0) is 57.5. The number of benzene rings is 2. The van der Waals surface area contributed by atoms with Crippen molar-refractivity contribution < 1.29 is 57.5 Å². The Labute approximate surface area is 459 Å². The van der Waals surface area contributed by atoms with E-state index in [4.69, 9.17) is 33.4 Å². The van der Waals surface area contributed by atoms with Crippen LogP contribution in [0.3, 0.4) is 0 Å². The second kappa shape index (κ2) is 31.0. The van der Waals surface area contributed by atoms with Crippen LogP contribution in [0.2, 0.25) is 0 Å². The summed E-state index contributed by atoms with van der Waals surface area (Å²) in [6.07, 6.45) is -1.29. The molecule has 0 aliphatic carbocycles. The van der Waals surface area contributed by atoms with E-state index in [9.17, 15) is 52.7 Å². The van der Waals surface area contributed by atoms with Gasteiger partial charge in [0.2, 0.25) is 65.0 Å². The molecule has 2 aliphatic rings. The maximum Gasteiger partial charge on any atom is 0.246 e. The molecule has 11 amide bonds. The van der Waals surface area contributed by atoms with Crippen LogP contribution in [0, 0.1) is 0 Å². The van der Waals surface area contributed by atoms with Crippen molar-refractivity contribution in [2.45, 2.75) is 132 Å². The molecule has 4 rings (SSSR count). The first-order valence-corrected chi connectivity index (χ1v) is 27.6. The smallest absolute Gasteiger partial charge is 0.246 e. The van der Waals surface area contributed by atoms with Gasteiger partial charge in [0.1, 0.15) is 48.0 Å². The summed E-state index contributed by atoms with van der Waals surface area (Å²) in [7, 11) is 2.25. The lowest BCUT2D eigenvalue weighted by Gasteiger charge is -2.31. The Kier molecular flexibility index (Phi) is 25.0. The van der Waals surface area contributed by atoms with Gasteiger partial charge in [0.25, 0.3) is 0 Å². The first-order chi connectivity index (χ1) is 36.9. The Morgan fingerprint density at radius 3 is 1.99 bits per heavy atom. The fourth-order valence-corrected chi connectivity index (χ4v) is 11.1. The normalized spacial score (nSPS) is 21.9. The summed E-state index contributed by atoms with van der Waals surface area (Å²) in [5.41, 5.74) is 28.4. The van der Waals surface area contributed by atoms with Crippen LogP contribution in [0.15, 0.2) is 59.6 Å². The minimum Gasteiger partial charge on any atom is -0.494 e. The maximum absolute atomic E-state index is 14.8. The predicted octanol–water partition coefficient (Wildman–Crippen LogP) is -2.87. The summed E-state index contributed by atoms with van der Waals surface area (Å²) in [6.45, 7) is 5.33. The van der Waals surface area contributed by atoms with Crippen molar-refractivity contribution >= 4 is 92.5 Å². The summed E-state index contributed by atoms with van der Waals surface area (Å²) in [5.74, 6) is -9.16. The minimum absolute atomic E-state index is 0.0129. The van der Waals surface area contributed by atoms with Gasteiger partial charge in [0.05, 0.1) is 19.6 Å². The Morgan fingerprint density at radius 2 is 1.37 bits per heavy atom. The highest BCUT2D eigenvalue weighted by atomic mass is 33.1. The van der Waals surface area contributed by atoms with Crippen molar-refractivity contribution in [3.63, 3.8) is 0 Å². The zero-order valence-electron chi connectivity index (χ0n) is 43.8. The van der Waals surface area contributed by atoms with E-state index in [2.05, 4.69) is 42.2 Å². The van der Waals surface area contributed by atoms with Gasteiger partial charge in [-0.25, -0.2) is 0 Å². The monoisotopic (exact) mass is 1120 g/mol. The fourth-order valence-electron chi connectivity index (χ4n) is 8.39. The lowest BCUT2D eigenvalue weighted by atomic mass is 10.0. The molecule has 0 radical (unpaired) electrons. The molecule has 0 bridgehead atoms. The van der Waals surface area contributed by atoms with E-state index in [1.807, 2.05) is 6.92 Å². The second-order valence-corrected chi connectivity index (χ2v) is 22.2. The molecular formula is C50H72N14O12S2. The van der Waals surface area contributed by atoms with Gasteiger partial charge in [-0.1, -0.05) is 64.1 Å². The Morgan fingerprint density at radius 1 is 0.769 bits per heavy atom. The molecule has 2 aromatic rings. The molecular weight excluding hydrogens is 1050 g/mol. The molecule has 2 aliphatic heterocycles. The van der Waals surface area contributed by atoms with Crippen molar-refractivity contribution in [2.75, 3.05) is 32.0 Å². The number of likely N-dealkylation sites (tertiary alicyclic amines) is 1. The van der Waals surface area contributed by atoms with Gasteiger partial charge in [-0.3, -0.25) is 57.7 Å². The summed E-state index contributed by atoms with van der Waals surface area (Å²) in [4.78, 5) is 155. The molecule has 426 valence electrons. The molecule has 0 aromatic heterocycles. The number of nitrogens with zero attached hydrogens (tertiary/aromatic N) is 2. The van der Waals surface area contributed by atoms with Gasteiger partial charge in [-0.2, -0.15) is 0 Å². The van der Waals surface area contributed by atoms with Crippen LogP contribution in [0.5, 0.6) is 5.75 Å². The Balaban J connectivity index is 1.74. The van der Waals surface area contributed by atoms with Crippen LogP contribution in [0.4, 0.5) is 0 Å². The molecule has 2 saturated heterocycles. The quantitative estimate of drug-likeness (QED) is 0.0259. The lowest BCUT2D eigenvalue weighted by molar-refractivity contribution is -0.142. The van der Waals surface area contributed by atoms with Crippen LogP contribution in [0.25, 0.3) is 0 Å². The van der Waals surface area contributed by atoms with Crippen molar-refractivity contribution in [3.05, 3.63) is 65.7 Å². The summed E-state index contributed by atoms with van der Waals surface area (Å²) in [5, 5.41) is 18.2. The molecule has 2 aromatic carbocycles. The van der Waals surface area contributed by atoms with Gasteiger partial charge in [0, 0.05) is 49.3 Å². The largest absolute Gasteiger partial charge is 0.494 e. The lowest BCUT2D eigenvalue weighted by Crippen LogP contribution is -2.61. The van der Waals surface area contributed by atoms with Gasteiger partial charge < -0.3 is 75.5 Å². The van der Waals surface area contributed by atoms with Gasteiger partial charge in [-0.15, -0.1) is 0 Å². The molecule has 78 heavy (non-hydrogen) atoms. The summed E-state index contributed by atoms with van der Waals surface area (Å²) >= 11 is 0. The van der Waals surface area contributed by atoms with E-state index in [1.54, 1.807) is 68.4 Å². The maximum atomic E-state index is 14.8. The van der Waals surface area contributed by atoms with E-state index >= 15 is 0 Å². The number of aliphatic imine (C=N–C) groups is 1. The predicted molar refractivity (Wildman–Crippen MR) is 291 cm³/mol. The molecule has 17 N–H and O–H groups in total. The zero-order valence-corrected chi connectivity index (χ0v) is 45.5. The first kappa shape index (κ1) is 62.9. The molecule has 0 spiro atoms. The molecule has 0 saturated carbocycles. The number of hydrogen-bond donors (Lipinski definition) is 12. The minimum atomic E-state index is -1.78. The first-order valence-electron chi connectivity index (χ1n) is 25.3. The van der Waals surface area contributed by atoms with Crippen molar-refractivity contribution in [1.82, 2.24) is 42.1 Å².